The molecule has 0 aliphatic heterocycles. The first-order valence-corrected chi connectivity index (χ1v) is 6.51. The van der Waals surface area contributed by atoms with Gasteiger partial charge in [0.05, 0.1) is 12.1 Å². The van der Waals surface area contributed by atoms with Crippen molar-refractivity contribution in [3.8, 4) is 0 Å². The smallest absolute Gasteiger partial charge is 0.0792 e. The molecule has 0 bridgehead atoms. The lowest BCUT2D eigenvalue weighted by Gasteiger charge is -2.33. The average molecular weight is 234 g/mol. The van der Waals surface area contributed by atoms with Crippen LogP contribution in [0.1, 0.15) is 43.7 Å². The molecule has 0 saturated heterocycles. The van der Waals surface area contributed by atoms with Gasteiger partial charge < -0.3 is 10.5 Å². The molecule has 1 aromatic rings. The minimum atomic E-state index is -0.0585. The summed E-state index contributed by atoms with van der Waals surface area (Å²) < 4.78 is 5.65. The lowest BCUT2D eigenvalue weighted by atomic mass is 9.81. The van der Waals surface area contributed by atoms with Crippen LogP contribution in [-0.4, -0.2) is 18.2 Å². The van der Waals surface area contributed by atoms with Crippen molar-refractivity contribution < 1.29 is 4.74 Å². The molecule has 1 saturated carbocycles. The third-order valence-electron chi connectivity index (χ3n) is 3.81. The summed E-state index contributed by atoms with van der Waals surface area (Å²) in [6.07, 6.45) is 10.2. The zero-order valence-corrected chi connectivity index (χ0v) is 10.5. The van der Waals surface area contributed by atoms with E-state index in [0.29, 0.717) is 5.92 Å². The van der Waals surface area contributed by atoms with E-state index in [2.05, 4.69) is 4.98 Å². The number of hydrogen-bond acceptors (Lipinski definition) is 3. The Balaban J connectivity index is 2.06. The topological polar surface area (TPSA) is 48.1 Å². The van der Waals surface area contributed by atoms with Crippen LogP contribution in [-0.2, 0) is 4.74 Å². The minimum absolute atomic E-state index is 0.0585. The van der Waals surface area contributed by atoms with E-state index in [0.717, 1.165) is 5.56 Å². The van der Waals surface area contributed by atoms with E-state index in [9.17, 15) is 0 Å². The van der Waals surface area contributed by atoms with Gasteiger partial charge in [0.1, 0.15) is 0 Å². The molecular formula is C14H22N2O. The van der Waals surface area contributed by atoms with Gasteiger partial charge in [0.2, 0.25) is 0 Å². The van der Waals surface area contributed by atoms with Gasteiger partial charge in [0.15, 0.2) is 0 Å². The second-order valence-corrected chi connectivity index (χ2v) is 4.91. The molecule has 17 heavy (non-hydrogen) atoms. The van der Waals surface area contributed by atoms with Gasteiger partial charge in [0.25, 0.3) is 0 Å². The monoisotopic (exact) mass is 234 g/mol. The summed E-state index contributed by atoms with van der Waals surface area (Å²) in [7, 11) is 1.77. The van der Waals surface area contributed by atoms with E-state index in [1.54, 1.807) is 13.3 Å². The zero-order valence-electron chi connectivity index (χ0n) is 10.5. The summed E-state index contributed by atoms with van der Waals surface area (Å²) in [6, 6.07) is 3.91. The fourth-order valence-electron chi connectivity index (χ4n) is 2.86. The zero-order chi connectivity index (χ0) is 12.1. The SMILES string of the molecule is COC(C1CCCCC1)C(N)c1cccnc1. The van der Waals surface area contributed by atoms with Gasteiger partial charge >= 0.3 is 0 Å². The molecule has 2 atom stereocenters. The van der Waals surface area contributed by atoms with E-state index < -0.39 is 0 Å². The van der Waals surface area contributed by atoms with Gasteiger partial charge in [-0.3, -0.25) is 4.98 Å². The van der Waals surface area contributed by atoms with Gasteiger partial charge in [-0.05, 0) is 30.4 Å². The van der Waals surface area contributed by atoms with Crippen LogP contribution in [0.3, 0.4) is 0 Å². The van der Waals surface area contributed by atoms with Crippen molar-refractivity contribution in [2.75, 3.05) is 7.11 Å². The summed E-state index contributed by atoms with van der Waals surface area (Å²) in [5, 5.41) is 0. The lowest BCUT2D eigenvalue weighted by molar-refractivity contribution is 0.0172. The molecular weight excluding hydrogens is 212 g/mol. The highest BCUT2D eigenvalue weighted by Gasteiger charge is 2.29. The molecule has 0 radical (unpaired) electrons. The number of nitrogens with zero attached hydrogens (tertiary/aromatic N) is 1. The van der Waals surface area contributed by atoms with E-state index in [1.165, 1.54) is 32.1 Å². The molecule has 1 aliphatic carbocycles. The maximum absolute atomic E-state index is 6.32. The molecule has 0 amide bonds. The molecule has 2 N–H and O–H groups in total. The normalized spacial score (nSPS) is 21.1. The highest BCUT2D eigenvalue weighted by atomic mass is 16.5. The van der Waals surface area contributed by atoms with Gasteiger partial charge in [-0.2, -0.15) is 0 Å². The van der Waals surface area contributed by atoms with Crippen molar-refractivity contribution in [2.45, 2.75) is 44.2 Å². The summed E-state index contributed by atoms with van der Waals surface area (Å²) >= 11 is 0. The fraction of sp³-hybridized carbons (Fsp3) is 0.643. The molecule has 0 aromatic carbocycles. The van der Waals surface area contributed by atoms with Gasteiger partial charge in [0, 0.05) is 19.5 Å². The highest BCUT2D eigenvalue weighted by molar-refractivity contribution is 5.15. The largest absolute Gasteiger partial charge is 0.379 e. The number of aromatic nitrogens is 1. The van der Waals surface area contributed by atoms with Crippen molar-refractivity contribution in [1.82, 2.24) is 4.98 Å². The van der Waals surface area contributed by atoms with Crippen molar-refractivity contribution in [3.05, 3.63) is 30.1 Å². The molecule has 3 nitrogen and oxygen atoms in total. The minimum Gasteiger partial charge on any atom is -0.379 e. The molecule has 2 unspecified atom stereocenters. The molecule has 1 aromatic heterocycles. The summed E-state index contributed by atoms with van der Waals surface area (Å²) in [5.41, 5.74) is 7.39. The van der Waals surface area contributed by atoms with Crippen molar-refractivity contribution in [1.29, 1.82) is 0 Å². The Morgan fingerprint density at radius 1 is 1.35 bits per heavy atom. The molecule has 0 spiro atoms. The molecule has 1 fully saturated rings. The first-order chi connectivity index (χ1) is 8.33. The maximum atomic E-state index is 6.32. The number of ether oxygens (including phenoxy) is 1. The number of pyridine rings is 1. The van der Waals surface area contributed by atoms with Crippen molar-refractivity contribution in [3.63, 3.8) is 0 Å². The average Bonchev–Trinajstić information content (AvgIpc) is 2.42. The highest BCUT2D eigenvalue weighted by Crippen LogP contribution is 2.32. The van der Waals surface area contributed by atoms with Crippen LogP contribution < -0.4 is 5.73 Å². The summed E-state index contributed by atoms with van der Waals surface area (Å²) in [4.78, 5) is 4.13. The van der Waals surface area contributed by atoms with Crippen LogP contribution in [0.2, 0.25) is 0 Å². The first-order valence-electron chi connectivity index (χ1n) is 6.51. The molecule has 1 aliphatic rings. The van der Waals surface area contributed by atoms with Gasteiger partial charge in [-0.15, -0.1) is 0 Å². The van der Waals surface area contributed by atoms with E-state index in [4.69, 9.17) is 10.5 Å². The third kappa shape index (κ3) is 3.05. The predicted octanol–water partition coefficient (Wildman–Crippen LogP) is 2.68. The Hall–Kier alpha value is -0.930. The maximum Gasteiger partial charge on any atom is 0.0792 e. The number of methoxy groups -OCH3 is 1. The molecule has 3 heteroatoms. The van der Waals surface area contributed by atoms with Crippen LogP contribution in [0.5, 0.6) is 0 Å². The number of nitrogens with two attached hydrogens (primary N) is 1. The van der Waals surface area contributed by atoms with Crippen LogP contribution in [0, 0.1) is 5.92 Å². The molecule has 2 rings (SSSR count). The summed E-state index contributed by atoms with van der Waals surface area (Å²) in [6.45, 7) is 0. The second kappa shape index (κ2) is 6.12. The Kier molecular flexibility index (Phi) is 4.51. The molecule has 94 valence electrons. The number of hydrogen-bond donors (Lipinski definition) is 1. The second-order valence-electron chi connectivity index (χ2n) is 4.91. The van der Waals surface area contributed by atoms with Crippen LogP contribution in [0.25, 0.3) is 0 Å². The third-order valence-corrected chi connectivity index (χ3v) is 3.81. The summed E-state index contributed by atoms with van der Waals surface area (Å²) in [5.74, 6) is 0.601. The van der Waals surface area contributed by atoms with Crippen molar-refractivity contribution >= 4 is 0 Å². The number of rotatable bonds is 4. The van der Waals surface area contributed by atoms with E-state index in [1.807, 2.05) is 18.3 Å². The van der Waals surface area contributed by atoms with E-state index in [-0.39, 0.29) is 12.1 Å². The molecule has 1 heterocycles. The Morgan fingerprint density at radius 2 is 2.12 bits per heavy atom. The fourth-order valence-corrected chi connectivity index (χ4v) is 2.86. The van der Waals surface area contributed by atoms with Gasteiger partial charge in [-0.1, -0.05) is 25.3 Å². The van der Waals surface area contributed by atoms with Crippen molar-refractivity contribution in [2.24, 2.45) is 11.7 Å². The van der Waals surface area contributed by atoms with Crippen LogP contribution in [0.15, 0.2) is 24.5 Å². The lowest BCUT2D eigenvalue weighted by Crippen LogP contribution is -2.35. The van der Waals surface area contributed by atoms with Crippen LogP contribution in [0.4, 0.5) is 0 Å². The Bertz CT molecular complexity index is 322. The standard InChI is InChI=1S/C14H22N2O/c1-17-14(11-6-3-2-4-7-11)13(15)12-8-5-9-16-10-12/h5,8-11,13-14H,2-4,6-7,15H2,1H3. The van der Waals surface area contributed by atoms with Crippen LogP contribution >= 0.6 is 0 Å². The quantitative estimate of drug-likeness (QED) is 0.871. The van der Waals surface area contributed by atoms with Gasteiger partial charge in [-0.25, -0.2) is 0 Å². The van der Waals surface area contributed by atoms with E-state index >= 15 is 0 Å². The Morgan fingerprint density at radius 3 is 2.71 bits per heavy atom. The predicted molar refractivity (Wildman–Crippen MR) is 68.5 cm³/mol. The first kappa shape index (κ1) is 12.5. The Labute approximate surface area is 103 Å².